The van der Waals surface area contributed by atoms with Gasteiger partial charge in [0.25, 0.3) is 0 Å². The molecule has 1 rings (SSSR count). The van der Waals surface area contributed by atoms with Crippen LogP contribution in [0.25, 0.3) is 0 Å². The summed E-state index contributed by atoms with van der Waals surface area (Å²) < 4.78 is 0. The van der Waals surface area contributed by atoms with Crippen LogP contribution in [-0.4, -0.2) is 18.0 Å². The molecule has 1 aromatic rings. The van der Waals surface area contributed by atoms with Crippen molar-refractivity contribution < 1.29 is 0 Å². The van der Waals surface area contributed by atoms with Gasteiger partial charge in [-0.05, 0) is 42.8 Å². The summed E-state index contributed by atoms with van der Waals surface area (Å²) in [7, 11) is 0. The predicted octanol–water partition coefficient (Wildman–Crippen LogP) is 2.67. The molecule has 0 radical (unpaired) electrons. The summed E-state index contributed by atoms with van der Waals surface area (Å²) in [5.74, 6) is 0. The molecule has 84 valence electrons. The highest BCUT2D eigenvalue weighted by Gasteiger charge is 2.05. The van der Waals surface area contributed by atoms with Crippen LogP contribution in [0.3, 0.4) is 0 Å². The Morgan fingerprint density at radius 3 is 2.27 bits per heavy atom. The van der Waals surface area contributed by atoms with Crippen molar-refractivity contribution in [3.8, 4) is 0 Å². The number of hydrogen-bond acceptors (Lipinski definition) is 2. The zero-order valence-corrected chi connectivity index (χ0v) is 10.1. The third kappa shape index (κ3) is 3.24. The predicted molar refractivity (Wildman–Crippen MR) is 66.9 cm³/mol. The Morgan fingerprint density at radius 1 is 1.07 bits per heavy atom. The maximum absolute atomic E-state index is 5.82. The van der Waals surface area contributed by atoms with E-state index >= 15 is 0 Å². The van der Waals surface area contributed by atoms with Crippen LogP contribution in [0, 0.1) is 0 Å². The first kappa shape index (κ1) is 12.1. The Morgan fingerprint density at radius 2 is 1.73 bits per heavy atom. The lowest BCUT2D eigenvalue weighted by Gasteiger charge is -2.20. The van der Waals surface area contributed by atoms with E-state index in [1.54, 1.807) is 0 Å². The summed E-state index contributed by atoms with van der Waals surface area (Å²) in [6, 6.07) is 6.25. The molecule has 2 nitrogen and oxygen atoms in total. The molecule has 0 saturated carbocycles. The van der Waals surface area contributed by atoms with E-state index in [0.29, 0.717) is 0 Å². The Labute approximate surface area is 93.1 Å². The first-order valence-electron chi connectivity index (χ1n) is 5.80. The van der Waals surface area contributed by atoms with Crippen molar-refractivity contribution in [1.29, 1.82) is 0 Å². The molecule has 0 heterocycles. The van der Waals surface area contributed by atoms with Crippen molar-refractivity contribution in [3.63, 3.8) is 0 Å². The van der Waals surface area contributed by atoms with E-state index in [4.69, 9.17) is 5.73 Å². The molecule has 0 spiro atoms. The largest absolute Gasteiger partial charge is 0.399 e. The summed E-state index contributed by atoms with van der Waals surface area (Å²) in [6.45, 7) is 9.78. The number of nitrogens with zero attached hydrogens (tertiary/aromatic N) is 1. The zero-order valence-electron chi connectivity index (χ0n) is 10.1. The Hall–Kier alpha value is -1.02. The summed E-state index contributed by atoms with van der Waals surface area (Å²) >= 11 is 0. The van der Waals surface area contributed by atoms with Gasteiger partial charge in [0.2, 0.25) is 0 Å². The summed E-state index contributed by atoms with van der Waals surface area (Å²) in [6.07, 6.45) is 1.08. The number of nitrogen functional groups attached to an aromatic ring is 1. The molecular weight excluding hydrogens is 184 g/mol. The van der Waals surface area contributed by atoms with Gasteiger partial charge in [-0.2, -0.15) is 0 Å². The number of nitrogens with two attached hydrogens (primary N) is 1. The minimum Gasteiger partial charge on any atom is -0.399 e. The van der Waals surface area contributed by atoms with E-state index < -0.39 is 0 Å². The van der Waals surface area contributed by atoms with Crippen LogP contribution in [0.5, 0.6) is 0 Å². The third-order valence-corrected chi connectivity index (χ3v) is 2.90. The van der Waals surface area contributed by atoms with E-state index in [1.807, 2.05) is 6.07 Å². The number of anilines is 1. The molecule has 15 heavy (non-hydrogen) atoms. The number of aryl methyl sites for hydroxylation is 1. The second kappa shape index (κ2) is 5.76. The average molecular weight is 206 g/mol. The molecule has 0 aliphatic rings. The van der Waals surface area contributed by atoms with E-state index in [-0.39, 0.29) is 0 Å². The highest BCUT2D eigenvalue weighted by molar-refractivity contribution is 5.44. The fraction of sp³-hybridized carbons (Fsp3) is 0.538. The van der Waals surface area contributed by atoms with E-state index in [2.05, 4.69) is 37.8 Å². The minimum atomic E-state index is 0.870. The van der Waals surface area contributed by atoms with Gasteiger partial charge in [-0.25, -0.2) is 0 Å². The lowest BCUT2D eigenvalue weighted by atomic mass is 10.0. The first-order chi connectivity index (χ1) is 7.21. The van der Waals surface area contributed by atoms with Gasteiger partial charge in [0.1, 0.15) is 0 Å². The van der Waals surface area contributed by atoms with Gasteiger partial charge in [-0.3, -0.25) is 4.90 Å². The topological polar surface area (TPSA) is 29.3 Å². The van der Waals surface area contributed by atoms with Gasteiger partial charge in [-0.15, -0.1) is 0 Å². The number of rotatable bonds is 5. The lowest BCUT2D eigenvalue weighted by molar-refractivity contribution is 0.295. The fourth-order valence-electron chi connectivity index (χ4n) is 1.83. The maximum atomic E-state index is 5.82. The molecule has 0 amide bonds. The molecule has 0 fully saturated rings. The quantitative estimate of drug-likeness (QED) is 0.750. The molecule has 0 aliphatic heterocycles. The van der Waals surface area contributed by atoms with Crippen molar-refractivity contribution in [1.82, 2.24) is 4.90 Å². The lowest BCUT2D eigenvalue weighted by Crippen LogP contribution is -2.22. The maximum Gasteiger partial charge on any atom is 0.0317 e. The molecule has 0 saturated heterocycles. The minimum absolute atomic E-state index is 0.870. The van der Waals surface area contributed by atoms with Gasteiger partial charge < -0.3 is 5.73 Å². The highest BCUT2D eigenvalue weighted by Crippen LogP contribution is 2.16. The molecule has 0 aliphatic carbocycles. The standard InChI is InChI=1S/C13H22N2/c1-4-11-7-8-13(14)9-12(11)10-15(5-2)6-3/h7-9H,4-6,10,14H2,1-3H3. The molecule has 2 heteroatoms. The molecule has 2 N–H and O–H groups in total. The van der Waals surface area contributed by atoms with Gasteiger partial charge in [0.05, 0.1) is 0 Å². The third-order valence-electron chi connectivity index (χ3n) is 2.90. The van der Waals surface area contributed by atoms with Crippen molar-refractivity contribution in [2.75, 3.05) is 18.8 Å². The number of hydrogen-bond donors (Lipinski definition) is 1. The second-order valence-corrected chi connectivity index (χ2v) is 3.84. The van der Waals surface area contributed by atoms with Crippen molar-refractivity contribution in [3.05, 3.63) is 29.3 Å². The second-order valence-electron chi connectivity index (χ2n) is 3.84. The molecule has 0 bridgehead atoms. The fourth-order valence-corrected chi connectivity index (χ4v) is 1.83. The zero-order chi connectivity index (χ0) is 11.3. The van der Waals surface area contributed by atoms with E-state index in [9.17, 15) is 0 Å². The monoisotopic (exact) mass is 206 g/mol. The molecular formula is C13H22N2. The average Bonchev–Trinajstić information content (AvgIpc) is 2.26. The van der Waals surface area contributed by atoms with Crippen LogP contribution in [0.15, 0.2) is 18.2 Å². The smallest absolute Gasteiger partial charge is 0.0317 e. The molecule has 1 aromatic carbocycles. The van der Waals surface area contributed by atoms with Gasteiger partial charge >= 0.3 is 0 Å². The van der Waals surface area contributed by atoms with Crippen LogP contribution >= 0.6 is 0 Å². The normalized spacial score (nSPS) is 10.9. The summed E-state index contributed by atoms with van der Waals surface area (Å²) in [5.41, 5.74) is 9.48. The van der Waals surface area contributed by atoms with Crippen molar-refractivity contribution in [2.45, 2.75) is 33.7 Å². The van der Waals surface area contributed by atoms with Crippen LogP contribution in [0.2, 0.25) is 0 Å². The van der Waals surface area contributed by atoms with Crippen LogP contribution in [0.4, 0.5) is 5.69 Å². The molecule has 0 aromatic heterocycles. The summed E-state index contributed by atoms with van der Waals surface area (Å²) in [4.78, 5) is 2.41. The van der Waals surface area contributed by atoms with Crippen LogP contribution in [0.1, 0.15) is 31.9 Å². The van der Waals surface area contributed by atoms with Gasteiger partial charge in [0, 0.05) is 12.2 Å². The van der Waals surface area contributed by atoms with Gasteiger partial charge in [-0.1, -0.05) is 26.8 Å². The van der Waals surface area contributed by atoms with E-state index in [1.165, 1.54) is 11.1 Å². The Kier molecular flexibility index (Phi) is 4.63. The van der Waals surface area contributed by atoms with E-state index in [0.717, 1.165) is 31.7 Å². The molecule has 0 unspecified atom stereocenters. The number of benzene rings is 1. The Balaban J connectivity index is 2.86. The Bertz CT molecular complexity index is 303. The SMILES string of the molecule is CCc1ccc(N)cc1CN(CC)CC. The van der Waals surface area contributed by atoms with Gasteiger partial charge in [0.15, 0.2) is 0 Å². The summed E-state index contributed by atoms with van der Waals surface area (Å²) in [5, 5.41) is 0. The van der Waals surface area contributed by atoms with Crippen molar-refractivity contribution in [2.24, 2.45) is 0 Å². The highest BCUT2D eigenvalue weighted by atomic mass is 15.1. The van der Waals surface area contributed by atoms with Crippen LogP contribution < -0.4 is 5.73 Å². The first-order valence-corrected chi connectivity index (χ1v) is 5.80. The van der Waals surface area contributed by atoms with Crippen LogP contribution in [-0.2, 0) is 13.0 Å². The van der Waals surface area contributed by atoms with Crippen molar-refractivity contribution >= 4 is 5.69 Å². The molecule has 0 atom stereocenters.